The smallest absolute Gasteiger partial charge is 0.423 e. The number of fused-ring (bicyclic) bond motifs is 2. The maximum Gasteiger partial charge on any atom is 0.492 e. The van der Waals surface area contributed by atoms with E-state index in [1.54, 1.807) is 0 Å². The van der Waals surface area contributed by atoms with Crippen molar-refractivity contribution in [3.05, 3.63) is 58.1 Å². The molecule has 0 saturated carbocycles. The lowest BCUT2D eigenvalue weighted by atomic mass is 9.74. The summed E-state index contributed by atoms with van der Waals surface area (Å²) >= 11 is 0. The van der Waals surface area contributed by atoms with Crippen LogP contribution >= 0.6 is 0 Å². The Balaban J connectivity index is 0.000000156. The van der Waals surface area contributed by atoms with Crippen molar-refractivity contribution >= 4 is 25.2 Å². The summed E-state index contributed by atoms with van der Waals surface area (Å²) in [5.74, 6) is 0.992. The average molecular weight is 366 g/mol. The second-order valence-corrected chi connectivity index (χ2v) is 7.95. The zero-order chi connectivity index (χ0) is 19.7. The molecular weight excluding hydrogens is 338 g/mol. The van der Waals surface area contributed by atoms with E-state index in [1.807, 2.05) is 12.1 Å². The number of hydrogen-bond donors (Lipinski definition) is 2. The maximum absolute atomic E-state index is 9.65. The van der Waals surface area contributed by atoms with E-state index in [0.717, 1.165) is 22.1 Å². The van der Waals surface area contributed by atoms with Gasteiger partial charge in [0, 0.05) is 0 Å². The van der Waals surface area contributed by atoms with Gasteiger partial charge in [0.1, 0.15) is 0 Å². The van der Waals surface area contributed by atoms with Crippen LogP contribution in [0.2, 0.25) is 0 Å². The van der Waals surface area contributed by atoms with Crippen LogP contribution in [-0.4, -0.2) is 24.3 Å². The lowest BCUT2D eigenvalue weighted by molar-refractivity contribution is 0.275. The monoisotopic (exact) mass is 366 g/mol. The fourth-order valence-electron chi connectivity index (χ4n) is 3.74. The van der Waals surface area contributed by atoms with Gasteiger partial charge in [-0.1, -0.05) is 58.0 Å². The lowest BCUT2D eigenvalue weighted by Crippen LogP contribution is -2.31. The van der Waals surface area contributed by atoms with Crippen molar-refractivity contribution in [1.29, 1.82) is 0 Å². The highest BCUT2D eigenvalue weighted by atomic mass is 16.5. The molecule has 2 aliphatic heterocycles. The van der Waals surface area contributed by atoms with Gasteiger partial charge in [-0.3, -0.25) is 0 Å². The number of rotatable bonds is 2. The first-order valence-electron chi connectivity index (χ1n) is 9.64. The summed E-state index contributed by atoms with van der Waals surface area (Å²) in [6, 6.07) is 10.4. The molecule has 2 N–H and O–H groups in total. The Labute approximate surface area is 162 Å². The van der Waals surface area contributed by atoms with Gasteiger partial charge in [-0.15, -0.1) is 0 Å². The zero-order valence-corrected chi connectivity index (χ0v) is 16.8. The van der Waals surface area contributed by atoms with E-state index < -0.39 is 14.2 Å². The second-order valence-electron chi connectivity index (χ2n) is 7.95. The van der Waals surface area contributed by atoms with Crippen molar-refractivity contribution in [3.63, 3.8) is 0 Å². The average Bonchev–Trinajstić information content (AvgIpc) is 3.19. The molecule has 0 bridgehead atoms. The van der Waals surface area contributed by atoms with Crippen molar-refractivity contribution in [2.45, 2.75) is 59.7 Å². The van der Waals surface area contributed by atoms with E-state index in [4.69, 9.17) is 9.31 Å². The van der Waals surface area contributed by atoms with Gasteiger partial charge in [0.15, 0.2) is 0 Å². The summed E-state index contributed by atoms with van der Waals surface area (Å²) < 4.78 is 10.3. The highest BCUT2D eigenvalue weighted by molar-refractivity contribution is 6.62. The minimum Gasteiger partial charge on any atom is -0.423 e. The molecular formula is C21H28B2O4. The number of benzene rings is 2. The van der Waals surface area contributed by atoms with Crippen LogP contribution in [0.25, 0.3) is 0 Å². The summed E-state index contributed by atoms with van der Waals surface area (Å²) in [6.45, 7) is 11.7. The fraction of sp³-hybridized carbons (Fsp3) is 0.429. The normalized spacial score (nSPS) is 15.1. The van der Waals surface area contributed by atoms with E-state index in [0.29, 0.717) is 25.0 Å². The largest absolute Gasteiger partial charge is 0.492 e. The highest BCUT2D eigenvalue weighted by Gasteiger charge is 2.30. The van der Waals surface area contributed by atoms with Crippen LogP contribution in [0.4, 0.5) is 0 Å². The molecule has 2 heterocycles. The predicted molar refractivity (Wildman–Crippen MR) is 111 cm³/mol. The van der Waals surface area contributed by atoms with Crippen LogP contribution in [0.3, 0.4) is 0 Å². The minimum absolute atomic E-state index is 0.494. The molecule has 0 atom stereocenters. The van der Waals surface area contributed by atoms with Crippen molar-refractivity contribution in [3.8, 4) is 0 Å². The molecule has 0 saturated heterocycles. The Hall–Kier alpha value is -1.59. The topological polar surface area (TPSA) is 58.9 Å². The molecule has 0 fully saturated rings. The van der Waals surface area contributed by atoms with E-state index in [2.05, 4.69) is 52.8 Å². The molecule has 4 nitrogen and oxygen atoms in total. The summed E-state index contributed by atoms with van der Waals surface area (Å²) in [5.41, 5.74) is 7.89. The third-order valence-corrected chi connectivity index (χ3v) is 5.41. The number of hydrogen-bond acceptors (Lipinski definition) is 4. The van der Waals surface area contributed by atoms with Gasteiger partial charge < -0.3 is 19.4 Å². The molecule has 4 rings (SSSR count). The molecule has 0 spiro atoms. The zero-order valence-electron chi connectivity index (χ0n) is 16.8. The molecule has 0 amide bonds. The highest BCUT2D eigenvalue weighted by Crippen LogP contribution is 2.22. The van der Waals surface area contributed by atoms with E-state index in [-0.39, 0.29) is 0 Å². The SMILES string of the molecule is CC(C)c1ccc2c(c1)B(O)OC2.Cc1c(C(C)C)ccc2c1B(O)OC2. The Morgan fingerprint density at radius 3 is 2.15 bits per heavy atom. The van der Waals surface area contributed by atoms with Gasteiger partial charge in [0.2, 0.25) is 0 Å². The van der Waals surface area contributed by atoms with Gasteiger partial charge in [0.25, 0.3) is 0 Å². The quantitative estimate of drug-likeness (QED) is 0.802. The first kappa shape index (κ1) is 20.2. The maximum atomic E-state index is 9.65. The predicted octanol–water partition coefficient (Wildman–Crippen LogP) is 2.36. The van der Waals surface area contributed by atoms with E-state index in [9.17, 15) is 10.0 Å². The molecule has 0 radical (unpaired) electrons. The molecule has 6 heteroatoms. The van der Waals surface area contributed by atoms with Crippen molar-refractivity contribution < 1.29 is 19.4 Å². The van der Waals surface area contributed by atoms with Crippen molar-refractivity contribution in [2.24, 2.45) is 0 Å². The fourth-order valence-corrected chi connectivity index (χ4v) is 3.74. The molecule has 27 heavy (non-hydrogen) atoms. The molecule has 0 aromatic heterocycles. The van der Waals surface area contributed by atoms with Gasteiger partial charge in [0.05, 0.1) is 13.2 Å². The van der Waals surface area contributed by atoms with Gasteiger partial charge in [-0.2, -0.15) is 0 Å². The second kappa shape index (κ2) is 8.19. The Morgan fingerprint density at radius 2 is 1.48 bits per heavy atom. The third-order valence-electron chi connectivity index (χ3n) is 5.41. The molecule has 2 aromatic carbocycles. The molecule has 0 aliphatic carbocycles. The lowest BCUT2D eigenvalue weighted by Gasteiger charge is -2.13. The van der Waals surface area contributed by atoms with Crippen LogP contribution in [0.5, 0.6) is 0 Å². The van der Waals surface area contributed by atoms with Crippen LogP contribution in [0.15, 0.2) is 30.3 Å². The van der Waals surface area contributed by atoms with Crippen LogP contribution < -0.4 is 10.9 Å². The summed E-state index contributed by atoms with van der Waals surface area (Å²) in [7, 11) is -1.43. The van der Waals surface area contributed by atoms with E-state index in [1.165, 1.54) is 16.7 Å². The van der Waals surface area contributed by atoms with Gasteiger partial charge in [-0.25, -0.2) is 0 Å². The summed E-state index contributed by atoms with van der Waals surface area (Å²) in [5, 5.41) is 19.1. The van der Waals surface area contributed by atoms with Gasteiger partial charge in [-0.05, 0) is 57.5 Å². The summed E-state index contributed by atoms with van der Waals surface area (Å²) in [6.07, 6.45) is 0. The van der Waals surface area contributed by atoms with Gasteiger partial charge >= 0.3 is 14.2 Å². The third kappa shape index (κ3) is 4.14. The summed E-state index contributed by atoms with van der Waals surface area (Å²) in [4.78, 5) is 0. The van der Waals surface area contributed by atoms with Crippen molar-refractivity contribution in [1.82, 2.24) is 0 Å². The van der Waals surface area contributed by atoms with Crippen LogP contribution in [0, 0.1) is 6.92 Å². The van der Waals surface area contributed by atoms with Crippen molar-refractivity contribution in [2.75, 3.05) is 0 Å². The Morgan fingerprint density at radius 1 is 0.852 bits per heavy atom. The Bertz CT molecular complexity index is 820. The van der Waals surface area contributed by atoms with Crippen LogP contribution in [-0.2, 0) is 22.5 Å². The molecule has 2 aliphatic rings. The first-order valence-corrected chi connectivity index (χ1v) is 9.64. The first-order chi connectivity index (χ1) is 12.8. The molecule has 0 unspecified atom stereocenters. The minimum atomic E-state index is -0.719. The Kier molecular flexibility index (Phi) is 6.11. The van der Waals surface area contributed by atoms with E-state index >= 15 is 0 Å². The molecule has 2 aromatic rings. The standard InChI is InChI=1S/C11H15BO2.C10H13BO2/c1-7(2)10-5-4-9-6-14-12(13)11(9)8(10)3;1-7(2)8-3-4-9-6-13-11(12)10(9)5-8/h4-5,7,13H,6H2,1-3H3;3-5,7,12H,6H2,1-2H3. The molecule has 142 valence electrons. The van der Waals surface area contributed by atoms with Crippen LogP contribution in [0.1, 0.15) is 67.3 Å².